The van der Waals surface area contributed by atoms with E-state index in [1.165, 1.54) is 48.7 Å². The average Bonchev–Trinajstić information content (AvgIpc) is 2.99. The van der Waals surface area contributed by atoms with Crippen LogP contribution in [0.5, 0.6) is 0 Å². The molecule has 1 aliphatic heterocycles. The number of guanidine groups is 1. The fourth-order valence-electron chi connectivity index (χ4n) is 3.05. The number of thiophene rings is 1. The summed E-state index contributed by atoms with van der Waals surface area (Å²) in [5.41, 5.74) is 0. The van der Waals surface area contributed by atoms with Crippen molar-refractivity contribution in [1.29, 1.82) is 0 Å². The van der Waals surface area contributed by atoms with E-state index in [-0.39, 0.29) is 24.0 Å². The maximum absolute atomic E-state index is 4.70. The average molecular weight is 464 g/mol. The topological polar surface area (TPSA) is 39.7 Å². The zero-order valence-corrected chi connectivity index (χ0v) is 18.5. The second-order valence-electron chi connectivity index (χ2n) is 6.30. The van der Waals surface area contributed by atoms with E-state index in [0.29, 0.717) is 0 Å². The zero-order chi connectivity index (χ0) is 16.5. The first-order valence-electron chi connectivity index (χ1n) is 9.01. The van der Waals surface area contributed by atoms with Gasteiger partial charge in [0.2, 0.25) is 0 Å². The molecule has 1 aromatic heterocycles. The lowest BCUT2D eigenvalue weighted by molar-refractivity contribution is 0.187. The number of aryl methyl sites for hydroxylation is 1. The van der Waals surface area contributed by atoms with Crippen LogP contribution in [0.1, 0.15) is 42.9 Å². The van der Waals surface area contributed by atoms with E-state index < -0.39 is 0 Å². The lowest BCUT2D eigenvalue weighted by Gasteiger charge is -2.31. The Hall–Kier alpha value is -0.340. The molecule has 4 nitrogen and oxygen atoms in total. The van der Waals surface area contributed by atoms with Gasteiger partial charge in [-0.3, -0.25) is 0 Å². The second-order valence-corrected chi connectivity index (χ2v) is 7.67. The Morgan fingerprint density at radius 1 is 1.25 bits per heavy atom. The summed E-state index contributed by atoms with van der Waals surface area (Å²) in [4.78, 5) is 9.93. The first kappa shape index (κ1) is 21.7. The van der Waals surface area contributed by atoms with Gasteiger partial charge >= 0.3 is 0 Å². The van der Waals surface area contributed by atoms with Gasteiger partial charge in [0.1, 0.15) is 0 Å². The molecule has 0 radical (unpaired) electrons. The molecule has 6 heteroatoms. The van der Waals surface area contributed by atoms with Gasteiger partial charge in [-0.25, -0.2) is 4.99 Å². The van der Waals surface area contributed by atoms with E-state index in [9.17, 15) is 0 Å². The number of aliphatic imine (C=N–C) groups is 1. The highest BCUT2D eigenvalue weighted by molar-refractivity contribution is 14.0. The zero-order valence-electron chi connectivity index (χ0n) is 15.3. The predicted molar refractivity (Wildman–Crippen MR) is 117 cm³/mol. The normalized spacial score (nSPS) is 16.7. The maximum Gasteiger partial charge on any atom is 0.191 e. The van der Waals surface area contributed by atoms with Crippen LogP contribution in [-0.4, -0.2) is 43.6 Å². The molecule has 0 bridgehead atoms. The van der Waals surface area contributed by atoms with Crippen molar-refractivity contribution in [2.75, 3.05) is 32.7 Å². The molecule has 1 fully saturated rings. The van der Waals surface area contributed by atoms with Gasteiger partial charge in [-0.15, -0.1) is 35.3 Å². The third-order valence-corrected chi connectivity index (χ3v) is 5.52. The van der Waals surface area contributed by atoms with Crippen LogP contribution in [0, 0.1) is 12.8 Å². The Kier molecular flexibility index (Phi) is 10.9. The highest BCUT2D eigenvalue weighted by Gasteiger charge is 2.17. The molecule has 0 unspecified atom stereocenters. The molecule has 138 valence electrons. The van der Waals surface area contributed by atoms with Crippen molar-refractivity contribution < 1.29 is 0 Å². The molecule has 0 aromatic carbocycles. The summed E-state index contributed by atoms with van der Waals surface area (Å²) < 4.78 is 0. The standard InChI is InChI=1S/C18H32N4S.HI/c1-4-19-18(21-14-17-7-6-15(3)23-17)20-11-8-16-9-12-22(5-2)13-10-16;/h6-7,16H,4-5,8-14H2,1-3H3,(H2,19,20,21);1H. The van der Waals surface area contributed by atoms with Crippen LogP contribution >= 0.6 is 35.3 Å². The van der Waals surface area contributed by atoms with Gasteiger partial charge < -0.3 is 15.5 Å². The number of hydrogen-bond acceptors (Lipinski definition) is 3. The van der Waals surface area contributed by atoms with Crippen LogP contribution in [0.15, 0.2) is 17.1 Å². The monoisotopic (exact) mass is 464 g/mol. The quantitative estimate of drug-likeness (QED) is 0.366. The van der Waals surface area contributed by atoms with Gasteiger partial charge in [0, 0.05) is 22.8 Å². The first-order chi connectivity index (χ1) is 11.2. The van der Waals surface area contributed by atoms with Gasteiger partial charge in [-0.1, -0.05) is 6.92 Å². The van der Waals surface area contributed by atoms with E-state index in [2.05, 4.69) is 48.4 Å². The summed E-state index contributed by atoms with van der Waals surface area (Å²) in [6.07, 6.45) is 3.94. The van der Waals surface area contributed by atoms with Gasteiger partial charge in [-0.2, -0.15) is 0 Å². The minimum Gasteiger partial charge on any atom is -0.357 e. The number of nitrogens with one attached hydrogen (secondary N) is 2. The number of likely N-dealkylation sites (tertiary alicyclic amines) is 1. The SMILES string of the molecule is CCNC(=NCc1ccc(C)s1)NCCC1CCN(CC)CC1.I. The molecule has 1 aliphatic rings. The van der Waals surface area contributed by atoms with Crippen molar-refractivity contribution in [3.8, 4) is 0 Å². The lowest BCUT2D eigenvalue weighted by atomic mass is 9.93. The lowest BCUT2D eigenvalue weighted by Crippen LogP contribution is -2.39. The summed E-state index contributed by atoms with van der Waals surface area (Å²) in [7, 11) is 0. The van der Waals surface area contributed by atoms with Gasteiger partial charge in [0.05, 0.1) is 6.54 Å². The van der Waals surface area contributed by atoms with Crippen molar-refractivity contribution in [2.24, 2.45) is 10.9 Å². The van der Waals surface area contributed by atoms with Gasteiger partial charge in [-0.05, 0) is 70.8 Å². The van der Waals surface area contributed by atoms with Crippen LogP contribution in [0.2, 0.25) is 0 Å². The minimum atomic E-state index is 0. The Morgan fingerprint density at radius 2 is 2.00 bits per heavy atom. The fraction of sp³-hybridized carbons (Fsp3) is 0.722. The molecule has 24 heavy (non-hydrogen) atoms. The molecule has 0 amide bonds. The molecular weight excluding hydrogens is 431 g/mol. The largest absolute Gasteiger partial charge is 0.357 e. The third kappa shape index (κ3) is 7.70. The summed E-state index contributed by atoms with van der Waals surface area (Å²) >= 11 is 1.83. The molecular formula is C18H33IN4S. The molecule has 2 N–H and O–H groups in total. The summed E-state index contributed by atoms with van der Waals surface area (Å²) in [6, 6.07) is 4.34. The summed E-state index contributed by atoms with van der Waals surface area (Å²) in [6.45, 7) is 13.0. The predicted octanol–water partition coefficient (Wildman–Crippen LogP) is 3.85. The van der Waals surface area contributed by atoms with Crippen LogP contribution in [0.25, 0.3) is 0 Å². The van der Waals surface area contributed by atoms with Crippen LogP contribution in [0.4, 0.5) is 0 Å². The fourth-order valence-corrected chi connectivity index (χ4v) is 3.87. The highest BCUT2D eigenvalue weighted by atomic mass is 127. The first-order valence-corrected chi connectivity index (χ1v) is 9.82. The minimum absolute atomic E-state index is 0. The Labute approximate surface area is 168 Å². The number of nitrogens with zero attached hydrogens (tertiary/aromatic N) is 2. The van der Waals surface area contributed by atoms with Crippen LogP contribution < -0.4 is 10.6 Å². The van der Waals surface area contributed by atoms with Crippen molar-refractivity contribution in [3.05, 3.63) is 21.9 Å². The van der Waals surface area contributed by atoms with Crippen molar-refractivity contribution in [2.45, 2.75) is 46.6 Å². The van der Waals surface area contributed by atoms with E-state index in [4.69, 9.17) is 4.99 Å². The summed E-state index contributed by atoms with van der Waals surface area (Å²) in [5.74, 6) is 1.82. The Bertz CT molecular complexity index is 481. The van der Waals surface area contributed by atoms with E-state index >= 15 is 0 Å². The number of rotatable bonds is 7. The van der Waals surface area contributed by atoms with Crippen molar-refractivity contribution >= 4 is 41.3 Å². The highest BCUT2D eigenvalue weighted by Crippen LogP contribution is 2.19. The van der Waals surface area contributed by atoms with E-state index in [1.54, 1.807) is 0 Å². The van der Waals surface area contributed by atoms with Gasteiger partial charge in [0.15, 0.2) is 5.96 Å². The summed E-state index contributed by atoms with van der Waals surface area (Å²) in [5, 5.41) is 6.85. The van der Waals surface area contributed by atoms with Gasteiger partial charge in [0.25, 0.3) is 0 Å². The Balaban J connectivity index is 0.00000288. The molecule has 2 rings (SSSR count). The third-order valence-electron chi connectivity index (χ3n) is 4.53. The maximum atomic E-state index is 4.70. The molecule has 0 saturated carbocycles. The van der Waals surface area contributed by atoms with Crippen molar-refractivity contribution in [1.82, 2.24) is 15.5 Å². The number of hydrogen-bond donors (Lipinski definition) is 2. The van der Waals surface area contributed by atoms with Crippen LogP contribution in [0.3, 0.4) is 0 Å². The number of piperidine rings is 1. The van der Waals surface area contributed by atoms with Crippen LogP contribution in [-0.2, 0) is 6.54 Å². The molecule has 0 aliphatic carbocycles. The molecule has 2 heterocycles. The van der Waals surface area contributed by atoms with E-state index in [0.717, 1.165) is 31.5 Å². The molecule has 0 atom stereocenters. The molecule has 1 saturated heterocycles. The smallest absolute Gasteiger partial charge is 0.191 e. The number of halogens is 1. The molecule has 1 aromatic rings. The van der Waals surface area contributed by atoms with Crippen molar-refractivity contribution in [3.63, 3.8) is 0 Å². The second kappa shape index (κ2) is 12.1. The van der Waals surface area contributed by atoms with E-state index in [1.807, 2.05) is 11.3 Å². The Morgan fingerprint density at radius 3 is 2.58 bits per heavy atom. The molecule has 0 spiro atoms.